The summed E-state index contributed by atoms with van der Waals surface area (Å²) in [6.07, 6.45) is -0.862. The molecule has 1 aromatic carbocycles. The fourth-order valence-corrected chi connectivity index (χ4v) is 8.69. The second kappa shape index (κ2) is 17.8. The monoisotopic (exact) mass is 764 g/mol. The van der Waals surface area contributed by atoms with Crippen LogP contribution >= 0.6 is 11.6 Å². The van der Waals surface area contributed by atoms with Crippen LogP contribution in [-0.2, 0) is 33.3 Å². The van der Waals surface area contributed by atoms with Crippen LogP contribution in [0.4, 0.5) is 4.79 Å². The number of aliphatic hydroxyl groups excluding tert-OH is 1. The number of esters is 1. The molecular weight excluding hydrogens is 704 g/mol. The lowest BCUT2D eigenvalue weighted by molar-refractivity contribution is -0.294. The molecule has 4 rings (SSSR count). The summed E-state index contributed by atoms with van der Waals surface area (Å²) in [5.41, 5.74) is -2.07. The van der Waals surface area contributed by atoms with Crippen molar-refractivity contribution in [2.24, 2.45) is 17.8 Å². The molecule has 2 saturated heterocycles. The average molecular weight is 765 g/mol. The minimum Gasteiger partial charge on any atom is -0.494 e. The van der Waals surface area contributed by atoms with Gasteiger partial charge in [-0.3, -0.25) is 4.79 Å². The third-order valence-electron chi connectivity index (χ3n) is 11.4. The maximum absolute atomic E-state index is 14.6. The third-order valence-corrected chi connectivity index (χ3v) is 11.7. The Morgan fingerprint density at radius 1 is 1.08 bits per heavy atom. The van der Waals surface area contributed by atoms with Crippen molar-refractivity contribution in [3.8, 4) is 5.75 Å². The highest BCUT2D eigenvalue weighted by atomic mass is 35.5. The van der Waals surface area contributed by atoms with Crippen LogP contribution in [-0.4, -0.2) is 121 Å². The fourth-order valence-electron chi connectivity index (χ4n) is 8.57. The molecule has 0 bridgehead atoms. The molecule has 3 heterocycles. The van der Waals surface area contributed by atoms with E-state index in [0.717, 1.165) is 0 Å². The maximum Gasteiger partial charge on any atom is 0.410 e. The Balaban J connectivity index is 1.69. The van der Waals surface area contributed by atoms with Crippen molar-refractivity contribution in [3.05, 3.63) is 40.9 Å². The Labute approximate surface area is 320 Å². The number of halogens is 1. The van der Waals surface area contributed by atoms with Gasteiger partial charge in [0.1, 0.15) is 23.7 Å². The van der Waals surface area contributed by atoms with Crippen molar-refractivity contribution in [3.63, 3.8) is 0 Å². The molecule has 13 heteroatoms. The number of cyclic esters (lactones) is 1. The molecular formula is C40H61ClN2O10. The van der Waals surface area contributed by atoms with Crippen molar-refractivity contribution >= 4 is 29.4 Å². The zero-order chi connectivity index (χ0) is 39.4. The number of carbonyl (C=O) groups is 3. The quantitative estimate of drug-likeness (QED) is 0.221. The van der Waals surface area contributed by atoms with Crippen molar-refractivity contribution in [2.45, 2.75) is 135 Å². The predicted molar refractivity (Wildman–Crippen MR) is 201 cm³/mol. The van der Waals surface area contributed by atoms with Gasteiger partial charge >= 0.3 is 12.1 Å². The van der Waals surface area contributed by atoms with Crippen molar-refractivity contribution in [1.29, 1.82) is 0 Å². The number of nitrogens with zero attached hydrogens (tertiary/aromatic N) is 2. The van der Waals surface area contributed by atoms with Gasteiger partial charge < -0.3 is 43.3 Å². The lowest BCUT2D eigenvalue weighted by Crippen LogP contribution is -2.59. The third kappa shape index (κ3) is 9.56. The highest BCUT2D eigenvalue weighted by Gasteiger charge is 2.60. The van der Waals surface area contributed by atoms with Crippen LogP contribution in [0.25, 0.3) is 0 Å². The highest BCUT2D eigenvalue weighted by molar-refractivity contribution is 6.30. The highest BCUT2D eigenvalue weighted by Crippen LogP contribution is 2.43. The van der Waals surface area contributed by atoms with Gasteiger partial charge in [-0.1, -0.05) is 45.4 Å². The van der Waals surface area contributed by atoms with Crippen molar-refractivity contribution < 1.29 is 47.9 Å². The molecule has 298 valence electrons. The molecule has 1 amide bonds. The number of methoxy groups -OCH3 is 1. The minimum atomic E-state index is -1.33. The Bertz CT molecular complexity index is 1460. The van der Waals surface area contributed by atoms with Crippen LogP contribution in [0.3, 0.4) is 0 Å². The Morgan fingerprint density at radius 3 is 2.34 bits per heavy atom. The van der Waals surface area contributed by atoms with E-state index in [4.69, 9.17) is 40.0 Å². The van der Waals surface area contributed by atoms with Crippen molar-refractivity contribution in [1.82, 2.24) is 9.80 Å². The topological polar surface area (TPSA) is 133 Å². The summed E-state index contributed by atoms with van der Waals surface area (Å²) < 4.78 is 37.3. The summed E-state index contributed by atoms with van der Waals surface area (Å²) in [5.74, 6) is -1.74. The lowest BCUT2D eigenvalue weighted by atomic mass is 9.74. The number of aliphatic hydroxyl groups is 1. The molecule has 12 nitrogen and oxygen atoms in total. The molecule has 0 radical (unpaired) electrons. The van der Waals surface area contributed by atoms with Crippen LogP contribution in [0, 0.1) is 17.8 Å². The SMILES string of the molecule is CC[C@H]1OC(=O)/C(C)=C/[C@H](C)[C@@H](O[C@@H]2O[C@H](C)C[C@H](N(C)C)[C@H]2O)[C@@](C)(OC)C[C@@H](C)C(=O)[C@H](C)[C@H]2N(CCCOc3ccc(Cl)cc3)C(=O)O[C@]12C. The number of Topliss-reactive ketones (excluding diaryl/α,β-unsaturated/α-hetero) is 1. The molecule has 0 spiro atoms. The second-order valence-corrected chi connectivity index (χ2v) is 16.2. The number of rotatable bonds is 10. The minimum absolute atomic E-state index is 0.100. The average Bonchev–Trinajstić information content (AvgIpc) is 3.37. The molecule has 1 N–H and O–H groups in total. The van der Waals surface area contributed by atoms with Gasteiger partial charge in [0.25, 0.3) is 0 Å². The molecule has 2 fully saturated rings. The van der Waals surface area contributed by atoms with E-state index >= 15 is 0 Å². The first-order valence-corrected chi connectivity index (χ1v) is 19.3. The molecule has 0 unspecified atom stereocenters. The van der Waals surface area contributed by atoms with Crippen molar-refractivity contribution in [2.75, 3.05) is 34.4 Å². The summed E-state index contributed by atoms with van der Waals surface area (Å²) in [7, 11) is 5.39. The van der Waals surface area contributed by atoms with E-state index in [1.54, 1.807) is 56.2 Å². The van der Waals surface area contributed by atoms with Gasteiger partial charge in [-0.25, -0.2) is 9.59 Å². The van der Waals surface area contributed by atoms with E-state index in [-0.39, 0.29) is 30.9 Å². The van der Waals surface area contributed by atoms with Gasteiger partial charge in [0.15, 0.2) is 11.9 Å². The van der Waals surface area contributed by atoms with Gasteiger partial charge in [-0.15, -0.1) is 0 Å². The number of hydrogen-bond acceptors (Lipinski definition) is 11. The predicted octanol–water partition coefficient (Wildman–Crippen LogP) is 6.05. The molecule has 0 aliphatic carbocycles. The number of hydrogen-bond donors (Lipinski definition) is 1. The van der Waals surface area contributed by atoms with Gasteiger partial charge in [0, 0.05) is 48.0 Å². The van der Waals surface area contributed by atoms with E-state index in [2.05, 4.69) is 0 Å². The van der Waals surface area contributed by atoms with E-state index in [9.17, 15) is 19.5 Å². The number of ketones is 1. The van der Waals surface area contributed by atoms with Crippen LogP contribution in [0.5, 0.6) is 5.75 Å². The second-order valence-electron chi connectivity index (χ2n) is 15.8. The fraction of sp³-hybridized carbons (Fsp3) is 0.725. The number of carbonyl (C=O) groups excluding carboxylic acids is 3. The number of amides is 1. The van der Waals surface area contributed by atoms with Gasteiger partial charge in [-0.05, 0) is 91.7 Å². The largest absolute Gasteiger partial charge is 0.494 e. The van der Waals surface area contributed by atoms with E-state index in [1.807, 2.05) is 60.5 Å². The first kappa shape index (κ1) is 43.0. The van der Waals surface area contributed by atoms with E-state index < -0.39 is 71.7 Å². The number of benzene rings is 1. The van der Waals surface area contributed by atoms with Gasteiger partial charge in [-0.2, -0.15) is 0 Å². The smallest absolute Gasteiger partial charge is 0.410 e. The van der Waals surface area contributed by atoms with Crippen LogP contribution in [0.2, 0.25) is 5.02 Å². The number of likely N-dealkylation sites (N-methyl/N-ethyl adjacent to an activating group) is 1. The van der Waals surface area contributed by atoms with Crippen LogP contribution < -0.4 is 4.74 Å². The van der Waals surface area contributed by atoms with Gasteiger partial charge in [0.05, 0.1) is 30.5 Å². The molecule has 3 aliphatic heterocycles. The summed E-state index contributed by atoms with van der Waals surface area (Å²) in [5, 5.41) is 12.0. The molecule has 53 heavy (non-hydrogen) atoms. The molecule has 0 saturated carbocycles. The molecule has 3 aliphatic rings. The first-order valence-electron chi connectivity index (χ1n) is 18.9. The Kier molecular flexibility index (Phi) is 14.4. The number of ether oxygens (including phenoxy) is 6. The summed E-state index contributed by atoms with van der Waals surface area (Å²) in [4.78, 5) is 45.6. The standard InChI is InChI=1S/C40H61ClN2O10/c1-12-31-40(8)34(43(38(47)53-40)18-13-19-49-29-16-14-28(41)15-17-29)27(6)32(44)25(4)22-39(7,48-11)35(23(2)20-24(3)36(46)51-31)52-37-33(45)30(42(9)10)21-26(5)50-37/h14-17,20,23,25-27,30-31,33-35,37,45H,12-13,18-19,21-22H2,1-11H3/b24-20+/t23-,25+,26+,27-,30-,31+,33+,34+,35+,37-,39-,40+/m0/s1. The van der Waals surface area contributed by atoms with Crippen LogP contribution in [0.1, 0.15) is 81.1 Å². The van der Waals surface area contributed by atoms with E-state index in [0.29, 0.717) is 42.2 Å². The van der Waals surface area contributed by atoms with E-state index in [1.165, 1.54) is 0 Å². The Morgan fingerprint density at radius 2 is 1.74 bits per heavy atom. The lowest BCUT2D eigenvalue weighted by Gasteiger charge is -2.47. The zero-order valence-electron chi connectivity index (χ0n) is 33.3. The molecule has 0 aromatic heterocycles. The summed E-state index contributed by atoms with van der Waals surface area (Å²) in [6, 6.07) is 6.07. The zero-order valence-corrected chi connectivity index (χ0v) is 34.1. The first-order chi connectivity index (χ1) is 24.9. The van der Waals surface area contributed by atoms with Gasteiger partial charge in [0.2, 0.25) is 0 Å². The molecule has 1 aromatic rings. The normalized spacial score (nSPS) is 38.4. The number of fused-ring (bicyclic) bond motifs is 1. The summed E-state index contributed by atoms with van der Waals surface area (Å²) >= 11 is 6.01. The summed E-state index contributed by atoms with van der Waals surface area (Å²) in [6.45, 7) is 15.2. The van der Waals surface area contributed by atoms with Crippen LogP contribution in [0.15, 0.2) is 35.9 Å². The molecule has 12 atom stereocenters. The maximum atomic E-state index is 14.6. The Hall–Kier alpha value is -2.74.